The number of carbonyl (C=O) groups excluding carboxylic acids is 1. The van der Waals surface area contributed by atoms with Crippen molar-refractivity contribution < 1.29 is 38.4 Å². The monoisotopic (exact) mass is 514 g/mol. The van der Waals surface area contributed by atoms with Crippen LogP contribution in [-0.2, 0) is 14.3 Å². The number of nitrogens with one attached hydrogen (secondary N) is 1. The van der Waals surface area contributed by atoms with Crippen LogP contribution in [0.5, 0.6) is 23.0 Å². The van der Waals surface area contributed by atoms with Crippen LogP contribution in [0.2, 0.25) is 0 Å². The summed E-state index contributed by atoms with van der Waals surface area (Å²) in [6.07, 6.45) is 0.808. The van der Waals surface area contributed by atoms with Gasteiger partial charge in [0.2, 0.25) is 12.7 Å². The van der Waals surface area contributed by atoms with Crippen LogP contribution in [0.25, 0.3) is 0 Å². The summed E-state index contributed by atoms with van der Waals surface area (Å²) < 4.78 is 27.5. The zero-order valence-electron chi connectivity index (χ0n) is 21.4. The van der Waals surface area contributed by atoms with E-state index in [2.05, 4.69) is 5.32 Å². The molecule has 37 heavy (non-hydrogen) atoms. The predicted octanol–water partition coefficient (Wildman–Crippen LogP) is 2.82. The smallest absolute Gasteiger partial charge is 0.309 e. The first-order valence-corrected chi connectivity index (χ1v) is 12.4. The molecule has 2 aliphatic heterocycles. The molecular weight excluding hydrogens is 480 g/mol. The quantitative estimate of drug-likeness (QED) is 0.413. The number of nitrogens with zero attached hydrogens (tertiary/aromatic N) is 1. The fourth-order valence-corrected chi connectivity index (χ4v) is 4.99. The molecule has 1 saturated heterocycles. The number of carboxylic acids is 1. The van der Waals surface area contributed by atoms with E-state index in [1.807, 2.05) is 30.0 Å². The average molecular weight is 515 g/mol. The maximum absolute atomic E-state index is 12.8. The minimum Gasteiger partial charge on any atom is -0.497 e. The Hall–Kier alpha value is -3.50. The van der Waals surface area contributed by atoms with Gasteiger partial charge in [-0.05, 0) is 30.2 Å². The molecule has 2 aromatic rings. The zero-order valence-corrected chi connectivity index (χ0v) is 21.4. The van der Waals surface area contributed by atoms with E-state index >= 15 is 0 Å². The molecule has 0 radical (unpaired) electrons. The lowest BCUT2D eigenvalue weighted by molar-refractivity contribution is -0.143. The number of fused-ring (bicyclic) bond motifs is 1. The number of likely N-dealkylation sites (tertiary alicyclic amines) is 1. The number of carbonyl (C=O) groups is 2. The third-order valence-electron chi connectivity index (χ3n) is 6.71. The maximum atomic E-state index is 12.8. The number of hydrogen-bond acceptors (Lipinski definition) is 8. The van der Waals surface area contributed by atoms with Crippen molar-refractivity contribution in [2.24, 2.45) is 5.92 Å². The summed E-state index contributed by atoms with van der Waals surface area (Å²) in [6.45, 7) is 3.74. The Kier molecular flexibility index (Phi) is 8.73. The Morgan fingerprint density at radius 3 is 2.65 bits per heavy atom. The summed E-state index contributed by atoms with van der Waals surface area (Å²) in [5.41, 5.74) is 1.49. The lowest BCUT2D eigenvalue weighted by Gasteiger charge is -2.28. The summed E-state index contributed by atoms with van der Waals surface area (Å²) in [6, 6.07) is 10.2. The summed E-state index contributed by atoms with van der Waals surface area (Å²) in [7, 11) is 3.14. The van der Waals surface area contributed by atoms with Gasteiger partial charge in [0, 0.05) is 37.7 Å². The molecule has 0 aromatic heterocycles. The van der Waals surface area contributed by atoms with Gasteiger partial charge in [0.05, 0.1) is 32.2 Å². The number of benzene rings is 2. The third kappa shape index (κ3) is 5.91. The highest BCUT2D eigenvalue weighted by atomic mass is 16.7. The Bertz CT molecular complexity index is 1110. The fraction of sp³-hybridized carbons (Fsp3) is 0.481. The molecule has 1 amide bonds. The van der Waals surface area contributed by atoms with Gasteiger partial charge < -0.3 is 34.1 Å². The van der Waals surface area contributed by atoms with Gasteiger partial charge in [-0.15, -0.1) is 0 Å². The van der Waals surface area contributed by atoms with Crippen LogP contribution in [0.4, 0.5) is 0 Å². The van der Waals surface area contributed by atoms with Crippen LogP contribution in [0.1, 0.15) is 36.4 Å². The second-order valence-electron chi connectivity index (χ2n) is 9.05. The van der Waals surface area contributed by atoms with Gasteiger partial charge in [0.1, 0.15) is 18.1 Å². The molecule has 3 atom stereocenters. The third-order valence-corrected chi connectivity index (χ3v) is 6.71. The predicted molar refractivity (Wildman–Crippen MR) is 134 cm³/mol. The molecule has 10 nitrogen and oxygen atoms in total. The SMILES string of the molecule is CCCNC(=O)CN1CC(c2ccc3c(c2)OCO3)[C@H](C(=O)O)[C@H]1c1ccc(OC)cc1OCCOC. The van der Waals surface area contributed by atoms with E-state index in [1.54, 1.807) is 32.4 Å². The molecule has 2 heterocycles. The van der Waals surface area contributed by atoms with Crippen molar-refractivity contribution in [1.82, 2.24) is 10.2 Å². The van der Waals surface area contributed by atoms with Crippen LogP contribution in [0.3, 0.4) is 0 Å². The number of rotatable bonds is 12. The van der Waals surface area contributed by atoms with E-state index in [0.717, 1.165) is 12.0 Å². The molecule has 200 valence electrons. The Morgan fingerprint density at radius 1 is 1.11 bits per heavy atom. The van der Waals surface area contributed by atoms with Gasteiger partial charge >= 0.3 is 5.97 Å². The van der Waals surface area contributed by atoms with Crippen molar-refractivity contribution in [3.8, 4) is 23.0 Å². The van der Waals surface area contributed by atoms with Gasteiger partial charge in [-0.1, -0.05) is 19.1 Å². The highest BCUT2D eigenvalue weighted by Crippen LogP contribution is 2.49. The van der Waals surface area contributed by atoms with Crippen molar-refractivity contribution in [1.29, 1.82) is 0 Å². The molecule has 2 N–H and O–H groups in total. The Morgan fingerprint density at radius 2 is 1.92 bits per heavy atom. The number of aliphatic carboxylic acids is 1. The topological polar surface area (TPSA) is 116 Å². The molecule has 1 unspecified atom stereocenters. The first-order valence-electron chi connectivity index (χ1n) is 12.4. The largest absolute Gasteiger partial charge is 0.497 e. The van der Waals surface area contributed by atoms with Crippen molar-refractivity contribution >= 4 is 11.9 Å². The second-order valence-corrected chi connectivity index (χ2v) is 9.05. The Balaban J connectivity index is 1.75. The summed E-state index contributed by atoms with van der Waals surface area (Å²) >= 11 is 0. The van der Waals surface area contributed by atoms with Crippen molar-refractivity contribution in [2.75, 3.05) is 53.9 Å². The van der Waals surface area contributed by atoms with Crippen molar-refractivity contribution in [2.45, 2.75) is 25.3 Å². The van der Waals surface area contributed by atoms with Gasteiger partial charge in [0.15, 0.2) is 11.5 Å². The summed E-state index contributed by atoms with van der Waals surface area (Å²) in [4.78, 5) is 27.6. The number of hydrogen-bond donors (Lipinski definition) is 2. The standard InChI is InChI=1S/C27H34N2O8/c1-4-9-28-24(30)15-29-14-20(17-5-8-21-23(12-17)37-16-36-21)25(27(31)32)26(29)19-7-6-18(34-3)13-22(19)35-11-10-33-2/h5-8,12-13,20,25-26H,4,9-11,14-16H2,1-3H3,(H,28,30)(H,31,32)/t20?,25-,26+/m0/s1. The van der Waals surface area contributed by atoms with Gasteiger partial charge in [-0.25, -0.2) is 0 Å². The molecular formula is C27H34N2O8. The number of methoxy groups -OCH3 is 2. The van der Waals surface area contributed by atoms with E-state index in [-0.39, 0.29) is 25.9 Å². The minimum absolute atomic E-state index is 0.0546. The number of ether oxygens (including phenoxy) is 5. The van der Waals surface area contributed by atoms with Gasteiger partial charge in [-0.3, -0.25) is 14.5 Å². The van der Waals surface area contributed by atoms with Crippen molar-refractivity contribution in [3.05, 3.63) is 47.5 Å². The van der Waals surface area contributed by atoms with Crippen LogP contribution in [0, 0.1) is 5.92 Å². The van der Waals surface area contributed by atoms with E-state index in [4.69, 9.17) is 23.7 Å². The molecule has 10 heteroatoms. The van der Waals surface area contributed by atoms with E-state index in [1.165, 1.54) is 0 Å². The second kappa shape index (κ2) is 12.2. The van der Waals surface area contributed by atoms with E-state index < -0.39 is 23.8 Å². The highest BCUT2D eigenvalue weighted by molar-refractivity contribution is 5.79. The first kappa shape index (κ1) is 26.6. The van der Waals surface area contributed by atoms with Crippen LogP contribution in [-0.4, -0.2) is 75.7 Å². The van der Waals surface area contributed by atoms with Crippen LogP contribution < -0.4 is 24.3 Å². The first-order chi connectivity index (χ1) is 18.0. The average Bonchev–Trinajstić information content (AvgIpc) is 3.51. The molecule has 0 spiro atoms. The molecule has 2 aliphatic rings. The lowest BCUT2D eigenvalue weighted by atomic mass is 9.82. The highest BCUT2D eigenvalue weighted by Gasteiger charge is 2.49. The Labute approximate surface area is 216 Å². The molecule has 0 bridgehead atoms. The summed E-state index contributed by atoms with van der Waals surface area (Å²) in [5.74, 6) is -0.0585. The number of amides is 1. The molecule has 1 fully saturated rings. The zero-order chi connectivity index (χ0) is 26.4. The van der Waals surface area contributed by atoms with Crippen LogP contribution >= 0.6 is 0 Å². The molecule has 0 aliphatic carbocycles. The molecule has 4 rings (SSSR count). The normalized spacial score (nSPS) is 20.6. The van der Waals surface area contributed by atoms with Crippen LogP contribution in [0.15, 0.2) is 36.4 Å². The lowest BCUT2D eigenvalue weighted by Crippen LogP contribution is -2.38. The van der Waals surface area contributed by atoms with Crippen molar-refractivity contribution in [3.63, 3.8) is 0 Å². The fourth-order valence-electron chi connectivity index (χ4n) is 4.99. The van der Waals surface area contributed by atoms with Gasteiger partial charge in [0.25, 0.3) is 0 Å². The van der Waals surface area contributed by atoms with E-state index in [0.29, 0.717) is 48.3 Å². The number of carboxylic acid groups (broad SMARTS) is 1. The maximum Gasteiger partial charge on any atom is 0.309 e. The minimum atomic E-state index is -0.956. The summed E-state index contributed by atoms with van der Waals surface area (Å²) in [5, 5.41) is 13.4. The van der Waals surface area contributed by atoms with E-state index in [9.17, 15) is 14.7 Å². The van der Waals surface area contributed by atoms with Gasteiger partial charge in [-0.2, -0.15) is 0 Å². The molecule has 0 saturated carbocycles. The molecule has 2 aromatic carbocycles.